The Bertz CT molecular complexity index is 1200. The summed E-state index contributed by atoms with van der Waals surface area (Å²) in [5, 5.41) is 4.54. The number of carbonyl (C=O) groups excluding carboxylic acids is 1. The van der Waals surface area contributed by atoms with Gasteiger partial charge in [-0.1, -0.05) is 32.9 Å². The van der Waals surface area contributed by atoms with Gasteiger partial charge in [-0.3, -0.25) is 4.79 Å². The van der Waals surface area contributed by atoms with Crippen LogP contribution in [0.1, 0.15) is 61.6 Å². The summed E-state index contributed by atoms with van der Waals surface area (Å²) in [5.41, 5.74) is 3.71. The van der Waals surface area contributed by atoms with Crippen molar-refractivity contribution in [3.8, 4) is 0 Å². The third-order valence-corrected chi connectivity index (χ3v) is 5.68. The quantitative estimate of drug-likeness (QED) is 0.502. The zero-order valence-corrected chi connectivity index (χ0v) is 17.5. The van der Waals surface area contributed by atoms with Crippen LogP contribution >= 0.6 is 0 Å². The topological polar surface area (TPSA) is 76.5 Å². The smallest absolute Gasteiger partial charge is 0.274 e. The van der Waals surface area contributed by atoms with E-state index in [2.05, 4.69) is 35.8 Å². The molecule has 4 aromatic rings. The molecule has 1 atom stereocenters. The van der Waals surface area contributed by atoms with Gasteiger partial charge in [0.25, 0.3) is 5.91 Å². The molecule has 0 aliphatic carbocycles. The molecule has 0 bridgehead atoms. The average molecular weight is 403 g/mol. The van der Waals surface area contributed by atoms with Crippen LogP contribution in [0.2, 0.25) is 0 Å². The van der Waals surface area contributed by atoms with E-state index in [1.54, 1.807) is 10.6 Å². The van der Waals surface area contributed by atoms with Crippen LogP contribution in [-0.2, 0) is 5.41 Å². The Labute approximate surface area is 174 Å². The molecule has 1 aliphatic heterocycles. The van der Waals surface area contributed by atoms with Crippen molar-refractivity contribution >= 4 is 22.7 Å². The first-order chi connectivity index (χ1) is 14.4. The summed E-state index contributed by atoms with van der Waals surface area (Å²) in [6.45, 7) is 7.64. The molecule has 7 heteroatoms. The standard InChI is InChI=1S/C23H25N5O2/c1-23(2,3)19-14-28-20(25-19)11-10-17(26-28)22(29)27-12-6-7-15(13-27)21-24-16-8-4-5-9-18(16)30-21/h4-5,8-11,14-15H,6-7,12-13H2,1-3H3. The number of aromatic nitrogens is 4. The third kappa shape index (κ3) is 3.34. The van der Waals surface area contributed by atoms with Crippen LogP contribution < -0.4 is 0 Å². The lowest BCUT2D eigenvalue weighted by molar-refractivity contribution is 0.0691. The van der Waals surface area contributed by atoms with Gasteiger partial charge in [0.2, 0.25) is 0 Å². The second-order valence-corrected chi connectivity index (χ2v) is 9.01. The summed E-state index contributed by atoms with van der Waals surface area (Å²) in [7, 11) is 0. The maximum atomic E-state index is 13.2. The van der Waals surface area contributed by atoms with Gasteiger partial charge in [0.15, 0.2) is 17.1 Å². The number of fused-ring (bicyclic) bond motifs is 2. The van der Waals surface area contributed by atoms with Crippen molar-refractivity contribution in [2.45, 2.75) is 44.9 Å². The highest BCUT2D eigenvalue weighted by Gasteiger charge is 2.29. The van der Waals surface area contributed by atoms with E-state index in [4.69, 9.17) is 4.42 Å². The first-order valence-electron chi connectivity index (χ1n) is 10.4. The SMILES string of the molecule is CC(C)(C)c1cn2nc(C(=O)N3CCCC(c4nc5ccccc5o4)C3)ccc2n1. The van der Waals surface area contributed by atoms with Crippen molar-refractivity contribution in [1.82, 2.24) is 24.5 Å². The Morgan fingerprint density at radius 1 is 1.13 bits per heavy atom. The van der Waals surface area contributed by atoms with E-state index in [0.29, 0.717) is 24.7 Å². The van der Waals surface area contributed by atoms with Crippen LogP contribution in [0.3, 0.4) is 0 Å². The van der Waals surface area contributed by atoms with Crippen LogP contribution in [0.5, 0.6) is 0 Å². The van der Waals surface area contributed by atoms with E-state index in [1.807, 2.05) is 41.4 Å². The highest BCUT2D eigenvalue weighted by atomic mass is 16.3. The number of carbonyl (C=O) groups is 1. The second-order valence-electron chi connectivity index (χ2n) is 9.01. The van der Waals surface area contributed by atoms with Gasteiger partial charge in [-0.2, -0.15) is 5.10 Å². The van der Waals surface area contributed by atoms with E-state index < -0.39 is 0 Å². The van der Waals surface area contributed by atoms with E-state index in [0.717, 1.165) is 35.3 Å². The number of hydrogen-bond acceptors (Lipinski definition) is 5. The number of hydrogen-bond donors (Lipinski definition) is 0. The van der Waals surface area contributed by atoms with Gasteiger partial charge in [0, 0.05) is 18.5 Å². The van der Waals surface area contributed by atoms with Crippen molar-refractivity contribution in [1.29, 1.82) is 0 Å². The summed E-state index contributed by atoms with van der Waals surface area (Å²) in [6.07, 6.45) is 3.78. The Hall–Kier alpha value is -3.22. The molecule has 1 saturated heterocycles. The molecule has 1 fully saturated rings. The van der Waals surface area contributed by atoms with Crippen molar-refractivity contribution < 1.29 is 9.21 Å². The molecule has 1 amide bonds. The third-order valence-electron chi connectivity index (χ3n) is 5.68. The molecule has 0 radical (unpaired) electrons. The van der Waals surface area contributed by atoms with Crippen LogP contribution in [0, 0.1) is 0 Å². The van der Waals surface area contributed by atoms with Crippen LogP contribution in [0.4, 0.5) is 0 Å². The predicted molar refractivity (Wildman–Crippen MR) is 114 cm³/mol. The first kappa shape index (κ1) is 18.8. The normalized spacial score (nSPS) is 17.7. The monoisotopic (exact) mass is 403 g/mol. The van der Waals surface area contributed by atoms with Crippen molar-refractivity contribution in [2.24, 2.45) is 0 Å². The molecule has 1 aliphatic rings. The fraction of sp³-hybridized carbons (Fsp3) is 0.391. The van der Waals surface area contributed by atoms with Crippen LogP contribution in [0.15, 0.2) is 47.0 Å². The summed E-state index contributed by atoms with van der Waals surface area (Å²) < 4.78 is 7.66. The molecule has 5 rings (SSSR count). The molecule has 1 unspecified atom stereocenters. The van der Waals surface area contributed by atoms with Gasteiger partial charge in [-0.15, -0.1) is 0 Å². The molecular weight excluding hydrogens is 378 g/mol. The number of oxazole rings is 1. The minimum Gasteiger partial charge on any atom is -0.440 e. The number of imidazole rings is 1. The zero-order chi connectivity index (χ0) is 20.9. The van der Waals surface area contributed by atoms with Crippen molar-refractivity contribution in [3.63, 3.8) is 0 Å². The predicted octanol–water partition coefficient (Wildman–Crippen LogP) is 4.19. The Balaban J connectivity index is 1.38. The number of piperidine rings is 1. The number of nitrogens with zero attached hydrogens (tertiary/aromatic N) is 5. The van der Waals surface area contributed by atoms with E-state index in [1.165, 1.54) is 0 Å². The zero-order valence-electron chi connectivity index (χ0n) is 17.5. The number of benzene rings is 1. The molecular formula is C23H25N5O2. The number of amides is 1. The minimum absolute atomic E-state index is 0.0660. The molecule has 30 heavy (non-hydrogen) atoms. The average Bonchev–Trinajstić information content (AvgIpc) is 3.37. The lowest BCUT2D eigenvalue weighted by Gasteiger charge is -2.31. The van der Waals surface area contributed by atoms with E-state index in [-0.39, 0.29) is 17.2 Å². The van der Waals surface area contributed by atoms with Gasteiger partial charge in [-0.05, 0) is 37.1 Å². The second kappa shape index (κ2) is 6.93. The van der Waals surface area contributed by atoms with E-state index in [9.17, 15) is 4.79 Å². The summed E-state index contributed by atoms with van der Waals surface area (Å²) >= 11 is 0. The molecule has 0 spiro atoms. The van der Waals surface area contributed by atoms with Gasteiger partial charge in [0.1, 0.15) is 11.2 Å². The highest BCUT2D eigenvalue weighted by molar-refractivity contribution is 5.92. The number of rotatable bonds is 2. The number of para-hydroxylation sites is 2. The maximum Gasteiger partial charge on any atom is 0.274 e. The molecule has 1 aromatic carbocycles. The summed E-state index contributed by atoms with van der Waals surface area (Å²) in [5.74, 6) is 0.741. The largest absolute Gasteiger partial charge is 0.440 e. The Morgan fingerprint density at radius 2 is 1.97 bits per heavy atom. The van der Waals surface area contributed by atoms with Crippen molar-refractivity contribution in [2.75, 3.05) is 13.1 Å². The van der Waals surface area contributed by atoms with Crippen molar-refractivity contribution in [3.05, 3.63) is 59.9 Å². The minimum atomic E-state index is -0.0719. The van der Waals surface area contributed by atoms with E-state index >= 15 is 0 Å². The molecule has 0 N–H and O–H groups in total. The van der Waals surface area contributed by atoms with Gasteiger partial charge < -0.3 is 9.32 Å². The van der Waals surface area contributed by atoms with Crippen LogP contribution in [0.25, 0.3) is 16.7 Å². The Morgan fingerprint density at radius 3 is 2.77 bits per heavy atom. The van der Waals surface area contributed by atoms with Gasteiger partial charge >= 0.3 is 0 Å². The molecule has 7 nitrogen and oxygen atoms in total. The van der Waals surface area contributed by atoms with Crippen LogP contribution in [-0.4, -0.2) is 43.5 Å². The fourth-order valence-electron chi connectivity index (χ4n) is 3.95. The highest BCUT2D eigenvalue weighted by Crippen LogP contribution is 2.29. The van der Waals surface area contributed by atoms with Gasteiger partial charge in [0.05, 0.1) is 17.8 Å². The van der Waals surface area contributed by atoms with Gasteiger partial charge in [-0.25, -0.2) is 14.5 Å². The molecule has 4 heterocycles. The Kier molecular flexibility index (Phi) is 4.34. The maximum absolute atomic E-state index is 13.2. The molecule has 3 aromatic heterocycles. The summed E-state index contributed by atoms with van der Waals surface area (Å²) in [6, 6.07) is 11.4. The fourth-order valence-corrected chi connectivity index (χ4v) is 3.95. The first-order valence-corrected chi connectivity index (χ1v) is 10.4. The molecule has 0 saturated carbocycles. The molecule has 154 valence electrons. The summed E-state index contributed by atoms with van der Waals surface area (Å²) in [4.78, 5) is 24.3. The number of likely N-dealkylation sites (tertiary alicyclic amines) is 1. The lowest BCUT2D eigenvalue weighted by atomic mass is 9.93. The lowest BCUT2D eigenvalue weighted by Crippen LogP contribution is -2.39.